The molecule has 2 aromatic rings. The summed E-state index contributed by atoms with van der Waals surface area (Å²) in [6.45, 7) is 1.72. The molecule has 104 valence electrons. The molecule has 1 amide bonds. The summed E-state index contributed by atoms with van der Waals surface area (Å²) in [5.41, 5.74) is 13.9. The van der Waals surface area contributed by atoms with Crippen molar-refractivity contribution < 1.29 is 13.9 Å². The van der Waals surface area contributed by atoms with E-state index in [0.29, 0.717) is 33.7 Å². The van der Waals surface area contributed by atoms with Crippen molar-refractivity contribution in [2.75, 3.05) is 12.8 Å². The largest absolute Gasteiger partial charge is 0.496 e. The van der Waals surface area contributed by atoms with Crippen molar-refractivity contribution in [2.24, 2.45) is 5.73 Å². The Kier molecular flexibility index (Phi) is 3.61. The predicted octanol–water partition coefficient (Wildman–Crippen LogP) is 2.49. The van der Waals surface area contributed by atoms with Gasteiger partial charge in [0.15, 0.2) is 0 Å². The van der Waals surface area contributed by atoms with Gasteiger partial charge in [0.25, 0.3) is 0 Å². The standard InChI is InChI=1S/C15H15FN2O2/c1-8-12(15(18)19)5-9(6-13(8)17)11-4-3-10(16)7-14(11)20-2/h3-7H,17H2,1-2H3,(H2,18,19). The summed E-state index contributed by atoms with van der Waals surface area (Å²) < 4.78 is 18.4. The molecule has 4 N–H and O–H groups in total. The van der Waals surface area contributed by atoms with Gasteiger partial charge in [-0.1, -0.05) is 0 Å². The van der Waals surface area contributed by atoms with E-state index in [9.17, 15) is 9.18 Å². The maximum absolute atomic E-state index is 13.2. The van der Waals surface area contributed by atoms with E-state index in [4.69, 9.17) is 16.2 Å². The molecule has 5 heteroatoms. The number of carbonyl (C=O) groups excluding carboxylic acids is 1. The lowest BCUT2D eigenvalue weighted by molar-refractivity contribution is 0.1000. The first-order valence-corrected chi connectivity index (χ1v) is 5.98. The number of rotatable bonds is 3. The first-order chi connectivity index (χ1) is 9.43. The lowest BCUT2D eigenvalue weighted by Crippen LogP contribution is -2.14. The number of anilines is 1. The van der Waals surface area contributed by atoms with Crippen LogP contribution in [0, 0.1) is 12.7 Å². The Morgan fingerprint density at radius 2 is 1.95 bits per heavy atom. The molecule has 0 unspecified atom stereocenters. The lowest BCUT2D eigenvalue weighted by Gasteiger charge is -2.13. The Balaban J connectivity index is 2.67. The molecule has 0 aliphatic carbocycles. The van der Waals surface area contributed by atoms with Gasteiger partial charge in [-0.25, -0.2) is 4.39 Å². The smallest absolute Gasteiger partial charge is 0.249 e. The minimum atomic E-state index is -0.558. The van der Waals surface area contributed by atoms with Gasteiger partial charge in [-0.15, -0.1) is 0 Å². The molecule has 0 fully saturated rings. The van der Waals surface area contributed by atoms with Crippen molar-refractivity contribution in [1.29, 1.82) is 0 Å². The monoisotopic (exact) mass is 274 g/mol. The second kappa shape index (κ2) is 5.21. The Labute approximate surface area is 116 Å². The highest BCUT2D eigenvalue weighted by Gasteiger charge is 2.13. The van der Waals surface area contributed by atoms with Crippen LogP contribution in [0.1, 0.15) is 15.9 Å². The fraction of sp³-hybridized carbons (Fsp3) is 0.133. The van der Waals surface area contributed by atoms with E-state index in [2.05, 4.69) is 0 Å². The van der Waals surface area contributed by atoms with Crippen LogP contribution in [0.15, 0.2) is 30.3 Å². The summed E-state index contributed by atoms with van der Waals surface area (Å²) in [5, 5.41) is 0. The van der Waals surface area contributed by atoms with Gasteiger partial charge < -0.3 is 16.2 Å². The Morgan fingerprint density at radius 1 is 1.25 bits per heavy atom. The molecule has 0 atom stereocenters. The van der Waals surface area contributed by atoms with Crippen LogP contribution in [-0.2, 0) is 0 Å². The maximum Gasteiger partial charge on any atom is 0.249 e. The van der Waals surface area contributed by atoms with Crippen molar-refractivity contribution in [3.05, 3.63) is 47.3 Å². The number of primary amides is 1. The number of halogens is 1. The fourth-order valence-corrected chi connectivity index (χ4v) is 2.05. The molecule has 2 aromatic carbocycles. The number of benzene rings is 2. The molecule has 0 aliphatic rings. The number of ether oxygens (including phenoxy) is 1. The minimum absolute atomic E-state index is 0.339. The highest BCUT2D eigenvalue weighted by molar-refractivity contribution is 5.97. The molecule has 0 saturated heterocycles. The molecule has 0 spiro atoms. The van der Waals surface area contributed by atoms with Gasteiger partial charge in [0, 0.05) is 22.9 Å². The van der Waals surface area contributed by atoms with Crippen LogP contribution in [0.5, 0.6) is 5.75 Å². The third kappa shape index (κ3) is 2.42. The summed E-state index contributed by atoms with van der Waals surface area (Å²) in [6, 6.07) is 7.50. The van der Waals surface area contributed by atoms with E-state index >= 15 is 0 Å². The lowest BCUT2D eigenvalue weighted by atomic mass is 9.97. The van der Waals surface area contributed by atoms with Crippen LogP contribution < -0.4 is 16.2 Å². The molecule has 0 saturated carbocycles. The van der Waals surface area contributed by atoms with Crippen molar-refractivity contribution >= 4 is 11.6 Å². The van der Waals surface area contributed by atoms with Crippen molar-refractivity contribution in [3.63, 3.8) is 0 Å². The quantitative estimate of drug-likeness (QED) is 0.844. The van der Waals surface area contributed by atoms with Crippen LogP contribution in [0.2, 0.25) is 0 Å². The van der Waals surface area contributed by atoms with E-state index in [0.717, 1.165) is 0 Å². The zero-order valence-corrected chi connectivity index (χ0v) is 11.2. The number of amides is 1. The normalized spacial score (nSPS) is 10.3. The number of nitrogens with two attached hydrogens (primary N) is 2. The maximum atomic E-state index is 13.2. The molecule has 0 heterocycles. The number of hydrogen-bond acceptors (Lipinski definition) is 3. The van der Waals surface area contributed by atoms with Crippen LogP contribution in [0.25, 0.3) is 11.1 Å². The molecule has 2 rings (SSSR count). The van der Waals surface area contributed by atoms with Gasteiger partial charge in [-0.3, -0.25) is 4.79 Å². The van der Waals surface area contributed by atoms with Crippen LogP contribution >= 0.6 is 0 Å². The minimum Gasteiger partial charge on any atom is -0.496 e. The van der Waals surface area contributed by atoms with Crippen LogP contribution in [0.3, 0.4) is 0 Å². The topological polar surface area (TPSA) is 78.3 Å². The summed E-state index contributed by atoms with van der Waals surface area (Å²) in [5.74, 6) is -0.596. The van der Waals surface area contributed by atoms with E-state index in [1.807, 2.05) is 0 Å². The number of nitrogen functional groups attached to an aromatic ring is 1. The molecular formula is C15H15FN2O2. The van der Waals surface area contributed by atoms with Gasteiger partial charge in [0.1, 0.15) is 11.6 Å². The zero-order valence-electron chi connectivity index (χ0n) is 11.2. The van der Waals surface area contributed by atoms with Gasteiger partial charge in [-0.05, 0) is 42.3 Å². The van der Waals surface area contributed by atoms with Crippen molar-refractivity contribution in [2.45, 2.75) is 6.92 Å². The third-order valence-corrected chi connectivity index (χ3v) is 3.19. The predicted molar refractivity (Wildman–Crippen MR) is 76.1 cm³/mol. The Hall–Kier alpha value is -2.56. The summed E-state index contributed by atoms with van der Waals surface area (Å²) in [4.78, 5) is 11.4. The van der Waals surface area contributed by atoms with E-state index in [1.165, 1.54) is 19.2 Å². The number of methoxy groups -OCH3 is 1. The van der Waals surface area contributed by atoms with Crippen molar-refractivity contribution in [1.82, 2.24) is 0 Å². The van der Waals surface area contributed by atoms with E-state index in [1.54, 1.807) is 25.1 Å². The highest BCUT2D eigenvalue weighted by atomic mass is 19.1. The molecule has 0 aromatic heterocycles. The molecule has 4 nitrogen and oxygen atoms in total. The second-order valence-corrected chi connectivity index (χ2v) is 4.45. The van der Waals surface area contributed by atoms with E-state index < -0.39 is 11.7 Å². The number of carbonyl (C=O) groups is 1. The van der Waals surface area contributed by atoms with Crippen LogP contribution in [-0.4, -0.2) is 13.0 Å². The number of hydrogen-bond donors (Lipinski definition) is 2. The van der Waals surface area contributed by atoms with E-state index in [-0.39, 0.29) is 0 Å². The van der Waals surface area contributed by atoms with Gasteiger partial charge in [0.2, 0.25) is 5.91 Å². The zero-order chi connectivity index (χ0) is 14.9. The molecule has 0 aliphatic heterocycles. The molecule has 0 bridgehead atoms. The van der Waals surface area contributed by atoms with Crippen molar-refractivity contribution in [3.8, 4) is 16.9 Å². The van der Waals surface area contributed by atoms with Gasteiger partial charge in [-0.2, -0.15) is 0 Å². The average Bonchev–Trinajstić information content (AvgIpc) is 2.41. The fourth-order valence-electron chi connectivity index (χ4n) is 2.05. The van der Waals surface area contributed by atoms with Gasteiger partial charge in [0.05, 0.1) is 7.11 Å². The Morgan fingerprint density at radius 3 is 2.55 bits per heavy atom. The summed E-state index contributed by atoms with van der Waals surface area (Å²) >= 11 is 0. The first kappa shape index (κ1) is 13.9. The van der Waals surface area contributed by atoms with Gasteiger partial charge >= 0.3 is 0 Å². The highest BCUT2D eigenvalue weighted by Crippen LogP contribution is 2.33. The Bertz CT molecular complexity index is 684. The molecule has 0 radical (unpaired) electrons. The third-order valence-electron chi connectivity index (χ3n) is 3.19. The molecular weight excluding hydrogens is 259 g/mol. The average molecular weight is 274 g/mol. The van der Waals surface area contributed by atoms with Crippen LogP contribution in [0.4, 0.5) is 10.1 Å². The molecule has 20 heavy (non-hydrogen) atoms. The summed E-state index contributed by atoms with van der Waals surface area (Å²) in [7, 11) is 1.45. The summed E-state index contributed by atoms with van der Waals surface area (Å²) in [6.07, 6.45) is 0. The first-order valence-electron chi connectivity index (χ1n) is 5.98. The SMILES string of the molecule is COc1cc(F)ccc1-c1cc(N)c(C)c(C(N)=O)c1. The second-order valence-electron chi connectivity index (χ2n) is 4.45.